The van der Waals surface area contributed by atoms with Crippen LogP contribution in [-0.2, 0) is 10.0 Å². The lowest BCUT2D eigenvalue weighted by atomic mass is 10.1. The van der Waals surface area contributed by atoms with Crippen molar-refractivity contribution in [2.24, 2.45) is 0 Å². The summed E-state index contributed by atoms with van der Waals surface area (Å²) < 4.78 is 27.3. The minimum absolute atomic E-state index is 0.0630. The minimum atomic E-state index is -3.54. The predicted molar refractivity (Wildman–Crippen MR) is 111 cm³/mol. The first-order valence-electron chi connectivity index (χ1n) is 9.34. The molecule has 2 aromatic carbocycles. The van der Waals surface area contributed by atoms with Gasteiger partial charge in [-0.2, -0.15) is 4.31 Å². The van der Waals surface area contributed by atoms with Gasteiger partial charge in [-0.05, 0) is 55.3 Å². The van der Waals surface area contributed by atoms with Crippen LogP contribution < -0.4 is 4.90 Å². The van der Waals surface area contributed by atoms with Gasteiger partial charge in [0.15, 0.2) is 0 Å². The number of hydrogen-bond acceptors (Lipinski definition) is 4. The molecule has 150 valence electrons. The average Bonchev–Trinajstić information content (AvgIpc) is 2.69. The Kier molecular flexibility index (Phi) is 5.76. The van der Waals surface area contributed by atoms with Gasteiger partial charge in [0.1, 0.15) is 0 Å². The van der Waals surface area contributed by atoms with E-state index in [2.05, 4.69) is 0 Å². The van der Waals surface area contributed by atoms with Crippen LogP contribution in [0.15, 0.2) is 47.4 Å². The Labute approximate surface area is 167 Å². The van der Waals surface area contributed by atoms with Gasteiger partial charge >= 0.3 is 0 Å². The zero-order valence-corrected chi connectivity index (χ0v) is 17.7. The molecule has 1 aliphatic heterocycles. The molecule has 6 nitrogen and oxygen atoms in total. The van der Waals surface area contributed by atoms with Crippen molar-refractivity contribution < 1.29 is 13.2 Å². The van der Waals surface area contributed by atoms with Crippen molar-refractivity contribution in [2.45, 2.75) is 18.7 Å². The standard InChI is InChI=1S/C21H27N3O3S/c1-16-8-9-20(14-17(16)2)28(26,27)24-12-10-23(11-13-24)21(25)18-6-5-7-19(15-18)22(3)4/h5-9,14-15H,10-13H2,1-4H3. The number of sulfonamides is 1. The zero-order valence-electron chi connectivity index (χ0n) is 16.8. The maximum Gasteiger partial charge on any atom is 0.254 e. The van der Waals surface area contributed by atoms with Gasteiger partial charge in [0.05, 0.1) is 4.90 Å². The largest absolute Gasteiger partial charge is 0.378 e. The van der Waals surface area contributed by atoms with E-state index < -0.39 is 10.0 Å². The van der Waals surface area contributed by atoms with E-state index in [1.165, 1.54) is 4.31 Å². The van der Waals surface area contributed by atoms with Crippen molar-refractivity contribution in [3.8, 4) is 0 Å². The van der Waals surface area contributed by atoms with Crippen LogP contribution in [-0.4, -0.2) is 63.8 Å². The molecule has 3 rings (SSSR count). The second-order valence-corrected chi connectivity index (χ2v) is 9.33. The molecular formula is C21H27N3O3S. The highest BCUT2D eigenvalue weighted by molar-refractivity contribution is 7.89. The van der Waals surface area contributed by atoms with Crippen molar-refractivity contribution in [3.63, 3.8) is 0 Å². The van der Waals surface area contributed by atoms with Crippen LogP contribution in [0.4, 0.5) is 5.69 Å². The van der Waals surface area contributed by atoms with Crippen LogP contribution in [0.1, 0.15) is 21.5 Å². The summed E-state index contributed by atoms with van der Waals surface area (Å²) in [6, 6.07) is 12.7. The third kappa shape index (κ3) is 4.05. The monoisotopic (exact) mass is 401 g/mol. The summed E-state index contributed by atoms with van der Waals surface area (Å²) in [6.45, 7) is 5.24. The molecule has 0 N–H and O–H groups in total. The molecule has 1 fully saturated rings. The first-order valence-corrected chi connectivity index (χ1v) is 10.8. The normalized spacial score (nSPS) is 15.5. The van der Waals surface area contributed by atoms with E-state index in [0.717, 1.165) is 16.8 Å². The third-order valence-electron chi connectivity index (χ3n) is 5.25. The van der Waals surface area contributed by atoms with Gasteiger partial charge in [-0.25, -0.2) is 8.42 Å². The molecule has 1 saturated heterocycles. The van der Waals surface area contributed by atoms with Crippen LogP contribution in [0, 0.1) is 13.8 Å². The van der Waals surface area contributed by atoms with E-state index in [4.69, 9.17) is 0 Å². The molecule has 2 aromatic rings. The molecule has 0 aromatic heterocycles. The van der Waals surface area contributed by atoms with Crippen LogP contribution in [0.3, 0.4) is 0 Å². The number of amides is 1. The van der Waals surface area contributed by atoms with E-state index in [9.17, 15) is 13.2 Å². The predicted octanol–water partition coefficient (Wildman–Crippen LogP) is 2.52. The summed E-state index contributed by atoms with van der Waals surface area (Å²) in [5, 5.41) is 0. The molecule has 0 radical (unpaired) electrons. The maximum absolute atomic E-state index is 12.9. The van der Waals surface area contributed by atoms with Crippen molar-refractivity contribution in [3.05, 3.63) is 59.2 Å². The second kappa shape index (κ2) is 7.93. The Hall–Kier alpha value is -2.38. The lowest BCUT2D eigenvalue weighted by molar-refractivity contribution is 0.0698. The topological polar surface area (TPSA) is 60.9 Å². The number of nitrogens with zero attached hydrogens (tertiary/aromatic N) is 3. The van der Waals surface area contributed by atoms with Crippen molar-refractivity contribution in [1.82, 2.24) is 9.21 Å². The number of anilines is 1. The van der Waals surface area contributed by atoms with E-state index in [-0.39, 0.29) is 5.91 Å². The molecular weight excluding hydrogens is 374 g/mol. The Morgan fingerprint density at radius 3 is 2.21 bits per heavy atom. The van der Waals surface area contributed by atoms with E-state index in [0.29, 0.717) is 36.6 Å². The molecule has 0 aliphatic carbocycles. The summed E-state index contributed by atoms with van der Waals surface area (Å²) in [6.07, 6.45) is 0. The highest BCUT2D eigenvalue weighted by Gasteiger charge is 2.30. The summed E-state index contributed by atoms with van der Waals surface area (Å²) in [5.41, 5.74) is 3.60. The number of hydrogen-bond donors (Lipinski definition) is 0. The van der Waals surface area contributed by atoms with Crippen LogP contribution >= 0.6 is 0 Å². The maximum atomic E-state index is 12.9. The molecule has 7 heteroatoms. The average molecular weight is 402 g/mol. The van der Waals surface area contributed by atoms with Gasteiger partial charge in [0.2, 0.25) is 10.0 Å². The highest BCUT2D eigenvalue weighted by Crippen LogP contribution is 2.21. The number of piperazine rings is 1. The van der Waals surface area contributed by atoms with Gasteiger partial charge in [-0.15, -0.1) is 0 Å². The van der Waals surface area contributed by atoms with E-state index in [1.807, 2.05) is 57.1 Å². The van der Waals surface area contributed by atoms with Crippen LogP contribution in [0.5, 0.6) is 0 Å². The minimum Gasteiger partial charge on any atom is -0.378 e. The molecule has 0 atom stereocenters. The fourth-order valence-corrected chi connectivity index (χ4v) is 4.76. The van der Waals surface area contributed by atoms with E-state index in [1.54, 1.807) is 23.1 Å². The van der Waals surface area contributed by atoms with Crippen LogP contribution in [0.25, 0.3) is 0 Å². The fourth-order valence-electron chi connectivity index (χ4n) is 3.25. The smallest absolute Gasteiger partial charge is 0.254 e. The lowest BCUT2D eigenvalue weighted by Crippen LogP contribution is -2.50. The molecule has 28 heavy (non-hydrogen) atoms. The van der Waals surface area contributed by atoms with Crippen molar-refractivity contribution >= 4 is 21.6 Å². The van der Waals surface area contributed by atoms with Gasteiger partial charge < -0.3 is 9.80 Å². The summed E-state index contributed by atoms with van der Waals surface area (Å²) in [7, 11) is 0.317. The van der Waals surface area contributed by atoms with Crippen molar-refractivity contribution in [1.29, 1.82) is 0 Å². The Balaban J connectivity index is 1.71. The second-order valence-electron chi connectivity index (χ2n) is 7.39. The number of carbonyl (C=O) groups excluding carboxylic acids is 1. The molecule has 1 aliphatic rings. The molecule has 0 bridgehead atoms. The fraction of sp³-hybridized carbons (Fsp3) is 0.381. The number of carbonyl (C=O) groups is 1. The van der Waals surface area contributed by atoms with E-state index >= 15 is 0 Å². The molecule has 1 heterocycles. The van der Waals surface area contributed by atoms with Gasteiger partial charge in [0, 0.05) is 51.5 Å². The number of rotatable bonds is 4. The first-order chi connectivity index (χ1) is 13.2. The summed E-state index contributed by atoms with van der Waals surface area (Å²) >= 11 is 0. The van der Waals surface area contributed by atoms with Crippen molar-refractivity contribution in [2.75, 3.05) is 45.2 Å². The number of aryl methyl sites for hydroxylation is 2. The Bertz CT molecular complexity index is 978. The molecule has 1 amide bonds. The van der Waals surface area contributed by atoms with Gasteiger partial charge in [-0.3, -0.25) is 4.79 Å². The number of benzene rings is 2. The van der Waals surface area contributed by atoms with Gasteiger partial charge in [0.25, 0.3) is 5.91 Å². The zero-order chi connectivity index (χ0) is 20.5. The molecule has 0 saturated carbocycles. The Morgan fingerprint density at radius 1 is 0.929 bits per heavy atom. The van der Waals surface area contributed by atoms with Gasteiger partial charge in [-0.1, -0.05) is 12.1 Å². The lowest BCUT2D eigenvalue weighted by Gasteiger charge is -2.34. The first kappa shape index (κ1) is 20.4. The quantitative estimate of drug-likeness (QED) is 0.790. The highest BCUT2D eigenvalue weighted by atomic mass is 32.2. The summed E-state index contributed by atoms with van der Waals surface area (Å²) in [5.74, 6) is -0.0630. The third-order valence-corrected chi connectivity index (χ3v) is 7.15. The summed E-state index contributed by atoms with van der Waals surface area (Å²) in [4.78, 5) is 16.8. The SMILES string of the molecule is Cc1ccc(S(=O)(=O)N2CCN(C(=O)c3cccc(N(C)C)c3)CC2)cc1C. The molecule has 0 unspecified atom stereocenters. The Morgan fingerprint density at radius 2 is 1.61 bits per heavy atom. The molecule has 0 spiro atoms. The van der Waals surface area contributed by atoms with Crippen LogP contribution in [0.2, 0.25) is 0 Å².